The molecule has 118 valence electrons. The minimum absolute atomic E-state index is 0.115. The number of hydrogen-bond acceptors (Lipinski definition) is 3. The molecule has 1 fully saturated rings. The van der Waals surface area contributed by atoms with Gasteiger partial charge in [-0.2, -0.15) is 0 Å². The summed E-state index contributed by atoms with van der Waals surface area (Å²) < 4.78 is 11.2. The lowest BCUT2D eigenvalue weighted by molar-refractivity contribution is 0.0926. The molecule has 1 aliphatic heterocycles. The Morgan fingerprint density at radius 2 is 2.23 bits per heavy atom. The number of furan rings is 1. The van der Waals surface area contributed by atoms with Gasteiger partial charge in [-0.05, 0) is 44.6 Å². The molecule has 2 heterocycles. The topological polar surface area (TPSA) is 51.5 Å². The number of fused-ring (bicyclic) bond motifs is 1. The molecule has 0 bridgehead atoms. The third-order valence-corrected chi connectivity index (χ3v) is 4.47. The zero-order chi connectivity index (χ0) is 15.5. The third-order valence-electron chi connectivity index (χ3n) is 4.47. The molecule has 1 saturated heterocycles. The molecule has 2 aromatic rings. The second-order valence-corrected chi connectivity index (χ2v) is 6.14. The van der Waals surface area contributed by atoms with Gasteiger partial charge in [0.05, 0.1) is 0 Å². The lowest BCUT2D eigenvalue weighted by Gasteiger charge is -2.07. The summed E-state index contributed by atoms with van der Waals surface area (Å²) in [5, 5.41) is 3.99. The molecular weight excluding hydrogens is 278 g/mol. The molecule has 0 aliphatic carbocycles. The molecule has 0 spiro atoms. The normalized spacial score (nSPS) is 18.0. The van der Waals surface area contributed by atoms with Crippen LogP contribution in [-0.2, 0) is 4.74 Å². The van der Waals surface area contributed by atoms with Crippen LogP contribution < -0.4 is 5.32 Å². The number of ether oxygens (including phenoxy) is 1. The van der Waals surface area contributed by atoms with E-state index in [1.807, 2.05) is 32.0 Å². The highest BCUT2D eigenvalue weighted by Gasteiger charge is 2.19. The van der Waals surface area contributed by atoms with Crippen molar-refractivity contribution in [3.05, 3.63) is 35.1 Å². The Hall–Kier alpha value is -1.81. The summed E-state index contributed by atoms with van der Waals surface area (Å²) in [7, 11) is 0. The lowest BCUT2D eigenvalue weighted by Crippen LogP contribution is -2.25. The van der Waals surface area contributed by atoms with Crippen molar-refractivity contribution in [2.75, 3.05) is 19.8 Å². The molecule has 1 N–H and O–H groups in total. The number of aryl methyl sites for hydroxylation is 2. The van der Waals surface area contributed by atoms with E-state index in [4.69, 9.17) is 9.15 Å². The summed E-state index contributed by atoms with van der Waals surface area (Å²) in [6.45, 7) is 6.38. The fraction of sp³-hybridized carbons (Fsp3) is 0.500. The molecule has 1 aliphatic rings. The van der Waals surface area contributed by atoms with E-state index in [9.17, 15) is 4.79 Å². The predicted molar refractivity (Wildman–Crippen MR) is 86.2 cm³/mol. The van der Waals surface area contributed by atoms with Crippen molar-refractivity contribution < 1.29 is 13.9 Å². The van der Waals surface area contributed by atoms with Gasteiger partial charge in [0.2, 0.25) is 0 Å². The highest BCUT2D eigenvalue weighted by molar-refractivity contribution is 5.99. The molecule has 4 heteroatoms. The zero-order valence-electron chi connectivity index (χ0n) is 13.3. The molecule has 1 amide bonds. The molecule has 1 aromatic heterocycles. The van der Waals surface area contributed by atoms with E-state index in [-0.39, 0.29) is 5.91 Å². The number of carbonyl (C=O) groups is 1. The molecule has 0 radical (unpaired) electrons. The Morgan fingerprint density at radius 3 is 2.95 bits per heavy atom. The van der Waals surface area contributed by atoms with Gasteiger partial charge in [0.1, 0.15) is 5.58 Å². The fourth-order valence-corrected chi connectivity index (χ4v) is 3.08. The van der Waals surface area contributed by atoms with Crippen LogP contribution in [0.25, 0.3) is 11.0 Å². The van der Waals surface area contributed by atoms with E-state index in [1.54, 1.807) is 0 Å². The number of hydrogen-bond donors (Lipinski definition) is 1. The zero-order valence-corrected chi connectivity index (χ0v) is 13.3. The SMILES string of the molecule is Cc1c(C(=O)NCCC[C@H]2CCOC2)oc2c(C)cccc12. The second kappa shape index (κ2) is 6.53. The Kier molecular flexibility index (Phi) is 4.48. The lowest BCUT2D eigenvalue weighted by atomic mass is 10.0. The Balaban J connectivity index is 1.60. The van der Waals surface area contributed by atoms with Crippen LogP contribution in [0.1, 0.15) is 40.9 Å². The summed E-state index contributed by atoms with van der Waals surface area (Å²) in [4.78, 5) is 12.3. The van der Waals surface area contributed by atoms with Crippen LogP contribution >= 0.6 is 0 Å². The summed E-state index contributed by atoms with van der Waals surface area (Å²) in [5.74, 6) is 0.983. The van der Waals surface area contributed by atoms with Crippen LogP contribution in [0.4, 0.5) is 0 Å². The van der Waals surface area contributed by atoms with Crippen molar-refractivity contribution >= 4 is 16.9 Å². The number of rotatable bonds is 5. The number of para-hydroxylation sites is 1. The summed E-state index contributed by atoms with van der Waals surface area (Å²) in [6.07, 6.45) is 3.24. The van der Waals surface area contributed by atoms with Gasteiger partial charge in [0.25, 0.3) is 5.91 Å². The van der Waals surface area contributed by atoms with Crippen molar-refractivity contribution in [3.63, 3.8) is 0 Å². The number of amides is 1. The van der Waals surface area contributed by atoms with Crippen molar-refractivity contribution in [2.24, 2.45) is 5.92 Å². The number of carbonyl (C=O) groups excluding carboxylic acids is 1. The molecular formula is C18H23NO3. The van der Waals surface area contributed by atoms with Gasteiger partial charge in [-0.3, -0.25) is 4.79 Å². The summed E-state index contributed by atoms with van der Waals surface area (Å²) in [6, 6.07) is 5.99. The van der Waals surface area contributed by atoms with Crippen LogP contribution in [0, 0.1) is 19.8 Å². The molecule has 22 heavy (non-hydrogen) atoms. The van der Waals surface area contributed by atoms with Crippen LogP contribution in [-0.4, -0.2) is 25.7 Å². The first-order valence-electron chi connectivity index (χ1n) is 8.01. The molecule has 4 nitrogen and oxygen atoms in total. The first-order valence-corrected chi connectivity index (χ1v) is 8.01. The van der Waals surface area contributed by atoms with E-state index in [0.717, 1.165) is 54.6 Å². The van der Waals surface area contributed by atoms with Crippen molar-refractivity contribution in [2.45, 2.75) is 33.1 Å². The number of nitrogens with one attached hydrogen (secondary N) is 1. The highest BCUT2D eigenvalue weighted by Crippen LogP contribution is 2.27. The second-order valence-electron chi connectivity index (χ2n) is 6.14. The Morgan fingerprint density at radius 1 is 1.36 bits per heavy atom. The average Bonchev–Trinajstić information content (AvgIpc) is 3.13. The van der Waals surface area contributed by atoms with Crippen LogP contribution in [0.15, 0.2) is 22.6 Å². The Bertz CT molecular complexity index is 668. The fourth-order valence-electron chi connectivity index (χ4n) is 3.08. The molecule has 3 rings (SSSR count). The average molecular weight is 301 g/mol. The van der Waals surface area contributed by atoms with Gasteiger partial charge in [-0.25, -0.2) is 0 Å². The van der Waals surface area contributed by atoms with Gasteiger partial charge in [-0.1, -0.05) is 18.2 Å². The monoisotopic (exact) mass is 301 g/mol. The first-order chi connectivity index (χ1) is 10.7. The van der Waals surface area contributed by atoms with Gasteiger partial charge >= 0.3 is 0 Å². The first kappa shape index (κ1) is 15.1. The minimum atomic E-state index is -0.115. The van der Waals surface area contributed by atoms with E-state index in [0.29, 0.717) is 18.2 Å². The number of benzene rings is 1. The van der Waals surface area contributed by atoms with E-state index >= 15 is 0 Å². The maximum absolute atomic E-state index is 12.3. The van der Waals surface area contributed by atoms with Crippen molar-refractivity contribution in [1.82, 2.24) is 5.32 Å². The van der Waals surface area contributed by atoms with Gasteiger partial charge in [0, 0.05) is 30.7 Å². The molecule has 0 saturated carbocycles. The standard InChI is InChI=1S/C18H23NO3/c1-12-5-3-7-15-13(2)17(22-16(12)15)18(20)19-9-4-6-14-8-10-21-11-14/h3,5,7,14H,4,6,8-11H2,1-2H3,(H,19,20)/t14-/m0/s1. The van der Waals surface area contributed by atoms with Gasteiger partial charge in [-0.15, -0.1) is 0 Å². The van der Waals surface area contributed by atoms with Crippen LogP contribution in [0.3, 0.4) is 0 Å². The molecule has 1 aromatic carbocycles. The Labute approximate surface area is 130 Å². The van der Waals surface area contributed by atoms with Crippen molar-refractivity contribution in [3.8, 4) is 0 Å². The molecule has 0 unspecified atom stereocenters. The van der Waals surface area contributed by atoms with Gasteiger partial charge < -0.3 is 14.5 Å². The largest absolute Gasteiger partial charge is 0.450 e. The minimum Gasteiger partial charge on any atom is -0.450 e. The van der Waals surface area contributed by atoms with Gasteiger partial charge in [0.15, 0.2) is 5.76 Å². The third kappa shape index (κ3) is 3.02. The van der Waals surface area contributed by atoms with E-state index < -0.39 is 0 Å². The predicted octanol–water partition coefficient (Wildman–Crippen LogP) is 3.60. The smallest absolute Gasteiger partial charge is 0.287 e. The quantitative estimate of drug-likeness (QED) is 0.859. The maximum Gasteiger partial charge on any atom is 0.287 e. The van der Waals surface area contributed by atoms with Crippen LogP contribution in [0.2, 0.25) is 0 Å². The summed E-state index contributed by atoms with van der Waals surface area (Å²) in [5.41, 5.74) is 2.79. The summed E-state index contributed by atoms with van der Waals surface area (Å²) >= 11 is 0. The molecule has 1 atom stereocenters. The maximum atomic E-state index is 12.3. The highest BCUT2D eigenvalue weighted by atomic mass is 16.5. The van der Waals surface area contributed by atoms with E-state index in [2.05, 4.69) is 5.32 Å². The van der Waals surface area contributed by atoms with Crippen molar-refractivity contribution in [1.29, 1.82) is 0 Å². The van der Waals surface area contributed by atoms with Crippen LogP contribution in [0.5, 0.6) is 0 Å². The van der Waals surface area contributed by atoms with E-state index in [1.165, 1.54) is 0 Å².